The number of benzene rings is 7. The quantitative estimate of drug-likeness (QED) is 0.184. The Morgan fingerprint density at radius 1 is 0.300 bits per heavy atom. The van der Waals surface area contributed by atoms with Crippen molar-refractivity contribution in [2.24, 2.45) is 0 Å². The monoisotopic (exact) mass is 638 g/mol. The number of rotatable bonds is 5. The van der Waals surface area contributed by atoms with Gasteiger partial charge in [-0.2, -0.15) is 0 Å². The van der Waals surface area contributed by atoms with Crippen LogP contribution in [0.2, 0.25) is 0 Å². The molecule has 7 aromatic carbocycles. The molecular formula is C47H32N3-. The molecule has 0 N–H and O–H groups in total. The molecule has 0 aliphatic carbocycles. The maximum Gasteiger partial charge on any atom is 0.0710 e. The van der Waals surface area contributed by atoms with Crippen LogP contribution < -0.4 is 0 Å². The highest BCUT2D eigenvalue weighted by Gasteiger charge is 2.16. The van der Waals surface area contributed by atoms with Gasteiger partial charge in [-0.15, -0.1) is 0 Å². The lowest BCUT2D eigenvalue weighted by atomic mass is 10.0. The number of fused-ring (bicyclic) bond motifs is 6. The molecule has 3 nitrogen and oxygen atoms in total. The predicted molar refractivity (Wildman–Crippen MR) is 210 cm³/mol. The van der Waals surface area contributed by atoms with Crippen molar-refractivity contribution in [1.29, 1.82) is 0 Å². The van der Waals surface area contributed by atoms with Gasteiger partial charge in [-0.25, -0.2) is 4.98 Å². The summed E-state index contributed by atoms with van der Waals surface area (Å²) in [6.45, 7) is 0. The minimum atomic E-state index is 0. The maximum absolute atomic E-state index is 5.05. The Labute approximate surface area is 291 Å². The minimum Gasteiger partial charge on any atom is -1.00 e. The second-order valence-corrected chi connectivity index (χ2v) is 12.8. The van der Waals surface area contributed by atoms with Crippen molar-refractivity contribution < 1.29 is 1.43 Å². The SMILES string of the molecule is [H-].c1ccc(-c2cccc(-c3cccc(-n4c5ccccc5c5cc(-c6ccc7c(c6)c6ccccc6n7-c6ccccc6)ccc54)c3)n2)cc1. The molecule has 3 heteroatoms. The highest BCUT2D eigenvalue weighted by Crippen LogP contribution is 2.38. The first-order chi connectivity index (χ1) is 24.8. The number of para-hydroxylation sites is 3. The van der Waals surface area contributed by atoms with Gasteiger partial charge in [-0.3, -0.25) is 0 Å². The summed E-state index contributed by atoms with van der Waals surface area (Å²) in [6, 6.07) is 67.3. The molecule has 0 radical (unpaired) electrons. The molecule has 10 aromatic rings. The summed E-state index contributed by atoms with van der Waals surface area (Å²) in [6.07, 6.45) is 0. The smallest absolute Gasteiger partial charge is 0.0710 e. The largest absolute Gasteiger partial charge is 1.00 e. The number of pyridine rings is 1. The number of aromatic nitrogens is 3. The van der Waals surface area contributed by atoms with E-state index in [4.69, 9.17) is 4.98 Å². The van der Waals surface area contributed by atoms with Gasteiger partial charge in [-0.05, 0) is 83.9 Å². The lowest BCUT2D eigenvalue weighted by molar-refractivity contribution is 1.18. The van der Waals surface area contributed by atoms with Gasteiger partial charge in [0.15, 0.2) is 0 Å². The molecule has 50 heavy (non-hydrogen) atoms. The first kappa shape index (κ1) is 28.3. The van der Waals surface area contributed by atoms with E-state index in [0.29, 0.717) is 0 Å². The van der Waals surface area contributed by atoms with Crippen molar-refractivity contribution in [1.82, 2.24) is 14.1 Å². The van der Waals surface area contributed by atoms with Crippen LogP contribution in [0.15, 0.2) is 188 Å². The maximum atomic E-state index is 5.05. The zero-order chi connectivity index (χ0) is 33.0. The Bertz CT molecular complexity index is 2870. The molecule has 0 unspecified atom stereocenters. The topological polar surface area (TPSA) is 22.8 Å². The van der Waals surface area contributed by atoms with Gasteiger partial charge in [-0.1, -0.05) is 115 Å². The molecule has 3 heterocycles. The summed E-state index contributed by atoms with van der Waals surface area (Å²) < 4.78 is 4.75. The third-order valence-electron chi connectivity index (χ3n) is 9.91. The van der Waals surface area contributed by atoms with Crippen LogP contribution in [0.25, 0.3) is 88.6 Å². The fraction of sp³-hybridized carbons (Fsp3) is 0. The summed E-state index contributed by atoms with van der Waals surface area (Å²) in [5, 5.41) is 4.99. The van der Waals surface area contributed by atoms with Crippen LogP contribution in [0.4, 0.5) is 0 Å². The molecule has 0 fully saturated rings. The van der Waals surface area contributed by atoms with Gasteiger partial charge >= 0.3 is 0 Å². The first-order valence-electron chi connectivity index (χ1n) is 17.1. The van der Waals surface area contributed by atoms with E-state index in [-0.39, 0.29) is 1.43 Å². The van der Waals surface area contributed by atoms with Gasteiger partial charge < -0.3 is 10.6 Å². The average molecular weight is 639 g/mol. The molecule has 0 aliphatic rings. The first-order valence-corrected chi connectivity index (χ1v) is 17.1. The van der Waals surface area contributed by atoms with E-state index >= 15 is 0 Å². The van der Waals surface area contributed by atoms with E-state index in [1.165, 1.54) is 60.4 Å². The molecule has 3 aromatic heterocycles. The van der Waals surface area contributed by atoms with Gasteiger partial charge in [0.2, 0.25) is 0 Å². The Kier molecular flexibility index (Phi) is 6.49. The van der Waals surface area contributed by atoms with Crippen LogP contribution in [-0.4, -0.2) is 14.1 Å². The summed E-state index contributed by atoms with van der Waals surface area (Å²) in [5.74, 6) is 0. The molecule has 0 aliphatic heterocycles. The highest BCUT2D eigenvalue weighted by molar-refractivity contribution is 6.12. The molecule has 236 valence electrons. The molecule has 0 atom stereocenters. The fourth-order valence-electron chi connectivity index (χ4n) is 7.61. The Balaban J connectivity index is 0.00000348. The van der Waals surface area contributed by atoms with E-state index in [0.717, 1.165) is 28.2 Å². The van der Waals surface area contributed by atoms with Crippen molar-refractivity contribution in [2.75, 3.05) is 0 Å². The van der Waals surface area contributed by atoms with E-state index in [1.54, 1.807) is 0 Å². The Morgan fingerprint density at radius 2 is 0.760 bits per heavy atom. The number of hydrogen-bond acceptors (Lipinski definition) is 1. The van der Waals surface area contributed by atoms with Gasteiger partial charge in [0.05, 0.1) is 33.5 Å². The number of nitrogens with zero attached hydrogens (tertiary/aromatic N) is 3. The normalized spacial score (nSPS) is 11.6. The van der Waals surface area contributed by atoms with Crippen molar-refractivity contribution in [2.45, 2.75) is 0 Å². The van der Waals surface area contributed by atoms with Crippen LogP contribution in [0.1, 0.15) is 1.43 Å². The minimum absolute atomic E-state index is 0. The van der Waals surface area contributed by atoms with Crippen LogP contribution in [0.3, 0.4) is 0 Å². The van der Waals surface area contributed by atoms with Crippen molar-refractivity contribution in [3.63, 3.8) is 0 Å². The molecule has 0 bridgehead atoms. The second-order valence-electron chi connectivity index (χ2n) is 12.8. The lowest BCUT2D eigenvalue weighted by Gasteiger charge is -2.11. The second kappa shape index (κ2) is 11.5. The van der Waals surface area contributed by atoms with Crippen LogP contribution in [0, 0.1) is 0 Å². The molecule has 10 rings (SSSR count). The molecule has 0 saturated heterocycles. The number of hydrogen-bond donors (Lipinski definition) is 0. The third kappa shape index (κ3) is 4.56. The van der Waals surface area contributed by atoms with Crippen LogP contribution in [0.5, 0.6) is 0 Å². The standard InChI is InChI=1S/C47H31N3.H/c1-3-13-32(14-4-1)42-21-12-22-43(48-42)35-15-11-18-37(29-35)50-45-24-10-8-20-39(45)41-31-34(26-28-47(41)50)33-25-27-46-40(30-33)38-19-7-9-23-44(38)49(46)36-16-5-2-6-17-36;/h1-31H;/q;-1. The van der Waals surface area contributed by atoms with Crippen molar-refractivity contribution in [3.05, 3.63) is 188 Å². The average Bonchev–Trinajstić information content (AvgIpc) is 3.71. The predicted octanol–water partition coefficient (Wildman–Crippen LogP) is 12.4. The zero-order valence-electron chi connectivity index (χ0n) is 28.2. The lowest BCUT2D eigenvalue weighted by Crippen LogP contribution is -1.95. The summed E-state index contributed by atoms with van der Waals surface area (Å²) in [4.78, 5) is 5.05. The van der Waals surface area contributed by atoms with Crippen LogP contribution in [-0.2, 0) is 0 Å². The Morgan fingerprint density at radius 3 is 1.40 bits per heavy atom. The van der Waals surface area contributed by atoms with E-state index < -0.39 is 0 Å². The fourth-order valence-corrected chi connectivity index (χ4v) is 7.61. The van der Waals surface area contributed by atoms with Crippen molar-refractivity contribution >= 4 is 43.6 Å². The molecule has 0 saturated carbocycles. The van der Waals surface area contributed by atoms with Crippen molar-refractivity contribution in [3.8, 4) is 45.0 Å². The Hall–Kier alpha value is -6.71. The summed E-state index contributed by atoms with van der Waals surface area (Å²) >= 11 is 0. The van der Waals surface area contributed by atoms with E-state index in [2.05, 4.69) is 191 Å². The summed E-state index contributed by atoms with van der Waals surface area (Å²) in [7, 11) is 0. The third-order valence-corrected chi connectivity index (χ3v) is 9.91. The van der Waals surface area contributed by atoms with Crippen LogP contribution >= 0.6 is 0 Å². The highest BCUT2D eigenvalue weighted by atomic mass is 15.0. The van der Waals surface area contributed by atoms with Gasteiger partial charge in [0.25, 0.3) is 0 Å². The molecular weight excluding hydrogens is 607 g/mol. The summed E-state index contributed by atoms with van der Waals surface area (Å²) in [5.41, 5.74) is 13.6. The van der Waals surface area contributed by atoms with E-state index in [1.807, 2.05) is 6.07 Å². The zero-order valence-corrected chi connectivity index (χ0v) is 27.2. The van der Waals surface area contributed by atoms with Gasteiger partial charge in [0.1, 0.15) is 0 Å². The van der Waals surface area contributed by atoms with Gasteiger partial charge in [0, 0.05) is 44.0 Å². The molecule has 0 spiro atoms. The van der Waals surface area contributed by atoms with E-state index in [9.17, 15) is 0 Å². The molecule has 0 amide bonds.